The van der Waals surface area contributed by atoms with E-state index in [0.29, 0.717) is 6.42 Å². The van der Waals surface area contributed by atoms with Crippen LogP contribution in [-0.2, 0) is 28.8 Å². The average molecular weight is 461 g/mol. The molecule has 0 spiro atoms. The molecule has 4 atom stereocenters. The van der Waals surface area contributed by atoms with Crippen molar-refractivity contribution in [1.29, 1.82) is 0 Å². The van der Waals surface area contributed by atoms with Gasteiger partial charge in [0.15, 0.2) is 0 Å². The van der Waals surface area contributed by atoms with E-state index in [2.05, 4.69) is 23.3 Å². The van der Waals surface area contributed by atoms with Crippen molar-refractivity contribution in [3.05, 3.63) is 0 Å². The van der Waals surface area contributed by atoms with Crippen LogP contribution in [-0.4, -0.2) is 87.1 Å². The number of rotatable bonds is 12. The van der Waals surface area contributed by atoms with Gasteiger partial charge < -0.3 is 37.2 Å². The molecule has 1 fully saturated rings. The van der Waals surface area contributed by atoms with Crippen molar-refractivity contribution < 1.29 is 39.0 Å². The first kappa shape index (κ1) is 26.2. The summed E-state index contributed by atoms with van der Waals surface area (Å²) in [7, 11) is 0. The number of carbonyl (C=O) groups excluding carboxylic acids is 4. The number of amides is 4. The van der Waals surface area contributed by atoms with E-state index in [1.54, 1.807) is 0 Å². The number of hydrogen-bond donors (Lipinski definition) is 7. The van der Waals surface area contributed by atoms with Crippen molar-refractivity contribution in [3.63, 3.8) is 0 Å². The van der Waals surface area contributed by atoms with E-state index in [4.69, 9.17) is 16.6 Å². The first-order chi connectivity index (χ1) is 14.5. The van der Waals surface area contributed by atoms with E-state index in [0.717, 1.165) is 4.90 Å². The van der Waals surface area contributed by atoms with Gasteiger partial charge in [0.2, 0.25) is 23.6 Å². The Bertz CT molecular complexity index is 733. The lowest BCUT2D eigenvalue weighted by molar-refractivity contribution is -0.149. The Morgan fingerprint density at radius 1 is 1.06 bits per heavy atom. The maximum atomic E-state index is 12.7. The molecular formula is C17H27N5O8S. The number of nitrogens with one attached hydrogen (secondary N) is 2. The molecule has 1 heterocycles. The lowest BCUT2D eigenvalue weighted by Crippen LogP contribution is -2.58. The van der Waals surface area contributed by atoms with E-state index >= 15 is 0 Å². The van der Waals surface area contributed by atoms with Crippen LogP contribution in [0.1, 0.15) is 32.1 Å². The van der Waals surface area contributed by atoms with Gasteiger partial charge in [0.25, 0.3) is 0 Å². The first-order valence-electron chi connectivity index (χ1n) is 9.48. The van der Waals surface area contributed by atoms with Crippen LogP contribution in [0.4, 0.5) is 0 Å². The van der Waals surface area contributed by atoms with Crippen LogP contribution in [0.3, 0.4) is 0 Å². The van der Waals surface area contributed by atoms with Gasteiger partial charge in [-0.15, -0.1) is 0 Å². The van der Waals surface area contributed by atoms with Crippen molar-refractivity contribution >= 4 is 48.2 Å². The highest BCUT2D eigenvalue weighted by atomic mass is 32.1. The molecule has 31 heavy (non-hydrogen) atoms. The van der Waals surface area contributed by atoms with Gasteiger partial charge in [-0.05, 0) is 19.3 Å². The van der Waals surface area contributed by atoms with Crippen LogP contribution >= 0.6 is 12.6 Å². The highest BCUT2D eigenvalue weighted by Crippen LogP contribution is 2.19. The molecule has 0 aromatic carbocycles. The fourth-order valence-corrected chi connectivity index (χ4v) is 3.32. The van der Waals surface area contributed by atoms with Crippen molar-refractivity contribution in [3.8, 4) is 0 Å². The number of carboxylic acids is 2. The Balaban J connectivity index is 2.89. The average Bonchev–Trinajstić information content (AvgIpc) is 3.17. The molecule has 13 nitrogen and oxygen atoms in total. The first-order valence-corrected chi connectivity index (χ1v) is 10.1. The third kappa shape index (κ3) is 8.05. The third-order valence-electron chi connectivity index (χ3n) is 4.66. The number of carbonyl (C=O) groups is 6. The predicted octanol–water partition coefficient (Wildman–Crippen LogP) is -2.97. The summed E-state index contributed by atoms with van der Waals surface area (Å²) in [4.78, 5) is 71.8. The Labute approximate surface area is 183 Å². The highest BCUT2D eigenvalue weighted by molar-refractivity contribution is 7.80. The molecule has 0 aromatic rings. The number of nitrogens with zero attached hydrogens (tertiary/aromatic N) is 1. The summed E-state index contributed by atoms with van der Waals surface area (Å²) in [5.74, 6) is -5.81. The van der Waals surface area contributed by atoms with Crippen LogP contribution in [0.25, 0.3) is 0 Å². The number of primary amides is 1. The summed E-state index contributed by atoms with van der Waals surface area (Å²) < 4.78 is 0. The minimum atomic E-state index is -1.37. The molecule has 14 heteroatoms. The number of hydrogen-bond acceptors (Lipinski definition) is 8. The second-order valence-electron chi connectivity index (χ2n) is 7.04. The SMILES string of the molecule is NC(=O)CC(N)C(=O)NC(CCC(=O)O)C(=O)NC(CS)C(=O)N1CCCC1C(=O)O. The molecule has 1 saturated heterocycles. The Morgan fingerprint density at radius 2 is 1.68 bits per heavy atom. The maximum Gasteiger partial charge on any atom is 0.326 e. The monoisotopic (exact) mass is 461 g/mol. The van der Waals surface area contributed by atoms with Gasteiger partial charge in [0.05, 0.1) is 12.5 Å². The zero-order valence-corrected chi connectivity index (χ0v) is 17.5. The summed E-state index contributed by atoms with van der Waals surface area (Å²) in [6.07, 6.45) is -0.502. The standard InChI is InChI=1S/C17H27N5O8S/c18-8(6-12(19)23)14(26)20-9(3-4-13(24)25)15(27)21-10(7-31)16(28)22-5-1-2-11(22)17(29)30/h8-11,31H,1-7,18H2,(H2,19,23)(H,20,26)(H,21,27)(H,24,25)(H,29,30). The van der Waals surface area contributed by atoms with Crippen LogP contribution in [0.15, 0.2) is 0 Å². The van der Waals surface area contributed by atoms with Crippen LogP contribution in [0, 0.1) is 0 Å². The van der Waals surface area contributed by atoms with Gasteiger partial charge in [-0.25, -0.2) is 4.79 Å². The lowest BCUT2D eigenvalue weighted by atomic mass is 10.1. The van der Waals surface area contributed by atoms with Gasteiger partial charge in [0, 0.05) is 18.7 Å². The van der Waals surface area contributed by atoms with E-state index in [1.165, 1.54) is 0 Å². The highest BCUT2D eigenvalue weighted by Gasteiger charge is 2.38. The fourth-order valence-electron chi connectivity index (χ4n) is 3.07. The number of carboxylic acid groups (broad SMARTS) is 2. The van der Waals surface area contributed by atoms with Crippen LogP contribution < -0.4 is 22.1 Å². The molecule has 0 aromatic heterocycles. The molecule has 4 unspecified atom stereocenters. The van der Waals surface area contributed by atoms with E-state index < -0.39 is 72.6 Å². The van der Waals surface area contributed by atoms with Crippen LogP contribution in [0.5, 0.6) is 0 Å². The largest absolute Gasteiger partial charge is 0.481 e. The Hall–Kier alpha value is -2.87. The summed E-state index contributed by atoms with van der Waals surface area (Å²) in [6.45, 7) is 0.205. The zero-order valence-electron chi connectivity index (χ0n) is 16.7. The number of nitrogens with two attached hydrogens (primary N) is 2. The molecule has 0 aliphatic carbocycles. The summed E-state index contributed by atoms with van der Waals surface area (Å²) in [6, 6.07) is -4.92. The lowest BCUT2D eigenvalue weighted by Gasteiger charge is -2.28. The Morgan fingerprint density at radius 3 is 2.19 bits per heavy atom. The topological polar surface area (TPSA) is 222 Å². The molecule has 0 bridgehead atoms. The van der Waals surface area contributed by atoms with Crippen molar-refractivity contribution in [2.45, 2.75) is 56.3 Å². The number of likely N-dealkylation sites (tertiary alicyclic amines) is 1. The smallest absolute Gasteiger partial charge is 0.326 e. The molecule has 4 amide bonds. The molecule has 8 N–H and O–H groups in total. The van der Waals surface area contributed by atoms with E-state index in [1.807, 2.05) is 0 Å². The van der Waals surface area contributed by atoms with E-state index in [-0.39, 0.29) is 25.1 Å². The quantitative estimate of drug-likeness (QED) is 0.147. The van der Waals surface area contributed by atoms with Gasteiger partial charge in [-0.3, -0.25) is 24.0 Å². The fraction of sp³-hybridized carbons (Fsp3) is 0.647. The normalized spacial score (nSPS) is 18.5. The van der Waals surface area contributed by atoms with E-state index in [9.17, 15) is 33.9 Å². The molecule has 1 rings (SSSR count). The molecule has 174 valence electrons. The van der Waals surface area contributed by atoms with Gasteiger partial charge in [-0.1, -0.05) is 0 Å². The predicted molar refractivity (Wildman–Crippen MR) is 109 cm³/mol. The van der Waals surface area contributed by atoms with Gasteiger partial charge >= 0.3 is 11.9 Å². The summed E-state index contributed by atoms with van der Waals surface area (Å²) in [5, 5.41) is 22.8. The zero-order chi connectivity index (χ0) is 23.7. The number of thiol groups is 1. The minimum absolute atomic E-state index is 0.159. The van der Waals surface area contributed by atoms with Crippen molar-refractivity contribution in [2.24, 2.45) is 11.5 Å². The molecule has 1 aliphatic heterocycles. The molecular weight excluding hydrogens is 434 g/mol. The van der Waals surface area contributed by atoms with Crippen LogP contribution in [0.2, 0.25) is 0 Å². The van der Waals surface area contributed by atoms with Gasteiger partial charge in [-0.2, -0.15) is 12.6 Å². The Kier molecular flexibility index (Phi) is 10.2. The maximum absolute atomic E-state index is 12.7. The summed E-state index contributed by atoms with van der Waals surface area (Å²) in [5.41, 5.74) is 10.5. The minimum Gasteiger partial charge on any atom is -0.481 e. The molecule has 0 saturated carbocycles. The van der Waals surface area contributed by atoms with Crippen molar-refractivity contribution in [1.82, 2.24) is 15.5 Å². The third-order valence-corrected chi connectivity index (χ3v) is 5.02. The molecule has 0 radical (unpaired) electrons. The summed E-state index contributed by atoms with van der Waals surface area (Å²) >= 11 is 4.03. The second-order valence-corrected chi connectivity index (χ2v) is 7.41. The van der Waals surface area contributed by atoms with Gasteiger partial charge in [0.1, 0.15) is 18.1 Å². The molecule has 1 aliphatic rings. The second kappa shape index (κ2) is 12.1. The van der Waals surface area contributed by atoms with Crippen molar-refractivity contribution in [2.75, 3.05) is 12.3 Å². The number of aliphatic carboxylic acids is 2.